The van der Waals surface area contributed by atoms with Gasteiger partial charge in [0.15, 0.2) is 11.6 Å². The van der Waals surface area contributed by atoms with Gasteiger partial charge in [-0.1, -0.05) is 0 Å². The van der Waals surface area contributed by atoms with Crippen LogP contribution in [0.3, 0.4) is 0 Å². The first-order valence-corrected chi connectivity index (χ1v) is 10.9. The second kappa shape index (κ2) is 8.76. The quantitative estimate of drug-likeness (QED) is 0.572. The third-order valence-corrected chi connectivity index (χ3v) is 6.36. The average molecular weight is 454 g/mol. The Morgan fingerprint density at radius 1 is 1.06 bits per heavy atom. The van der Waals surface area contributed by atoms with Gasteiger partial charge in [0.05, 0.1) is 24.9 Å². The molecule has 2 aromatic heterocycles. The van der Waals surface area contributed by atoms with E-state index in [9.17, 15) is 13.6 Å². The molecule has 1 aliphatic carbocycles. The molecule has 1 saturated heterocycles. The predicted molar refractivity (Wildman–Crippen MR) is 118 cm³/mol. The van der Waals surface area contributed by atoms with Gasteiger partial charge in [0, 0.05) is 37.1 Å². The van der Waals surface area contributed by atoms with Crippen LogP contribution in [0.25, 0.3) is 11.3 Å². The van der Waals surface area contributed by atoms with Gasteiger partial charge in [0.1, 0.15) is 0 Å². The van der Waals surface area contributed by atoms with Gasteiger partial charge in [0.25, 0.3) is 0 Å². The number of piperidine rings is 1. The zero-order valence-corrected chi connectivity index (χ0v) is 18.1. The molecule has 8 nitrogen and oxygen atoms in total. The number of rotatable bonds is 5. The molecule has 172 valence electrons. The smallest absolute Gasteiger partial charge is 0.308 e. The number of ether oxygens (including phenoxy) is 1. The molecular formula is C23H24F2N6O2. The molecule has 5 rings (SSSR count). The Bertz CT molecular complexity index is 1130. The maximum absolute atomic E-state index is 13.5. The number of methoxy groups -OCH3 is 1. The molecule has 0 saturated carbocycles. The van der Waals surface area contributed by atoms with Gasteiger partial charge in [-0.15, -0.1) is 0 Å². The van der Waals surface area contributed by atoms with Crippen LogP contribution in [0.15, 0.2) is 30.7 Å². The Morgan fingerprint density at radius 3 is 2.30 bits per heavy atom. The summed E-state index contributed by atoms with van der Waals surface area (Å²) >= 11 is 0. The van der Waals surface area contributed by atoms with Crippen LogP contribution in [0, 0.1) is 17.6 Å². The van der Waals surface area contributed by atoms with Crippen molar-refractivity contribution in [2.24, 2.45) is 5.92 Å². The number of halogens is 2. The molecule has 0 bridgehead atoms. The summed E-state index contributed by atoms with van der Waals surface area (Å²) in [5.74, 6) is -0.634. The molecule has 1 aromatic carbocycles. The summed E-state index contributed by atoms with van der Waals surface area (Å²) < 4.78 is 31.8. The second-order valence-electron chi connectivity index (χ2n) is 8.48. The number of esters is 1. The first-order chi connectivity index (χ1) is 16.0. The summed E-state index contributed by atoms with van der Waals surface area (Å²) in [6.07, 6.45) is 7.80. The lowest BCUT2D eigenvalue weighted by Crippen LogP contribution is -2.37. The Hall–Kier alpha value is -3.56. The number of imidazole rings is 1. The number of fused-ring (bicyclic) bond motifs is 1. The molecule has 2 aliphatic rings. The predicted octanol–water partition coefficient (Wildman–Crippen LogP) is 3.11. The molecule has 0 unspecified atom stereocenters. The van der Waals surface area contributed by atoms with Crippen LogP contribution in [-0.4, -0.2) is 52.1 Å². The number of aromatic amines is 1. The average Bonchev–Trinajstić information content (AvgIpc) is 3.47. The van der Waals surface area contributed by atoms with E-state index < -0.39 is 11.6 Å². The van der Waals surface area contributed by atoms with Gasteiger partial charge in [-0.05, 0) is 48.9 Å². The molecule has 1 fully saturated rings. The van der Waals surface area contributed by atoms with Gasteiger partial charge < -0.3 is 19.9 Å². The van der Waals surface area contributed by atoms with Crippen molar-refractivity contribution in [2.75, 3.05) is 30.4 Å². The van der Waals surface area contributed by atoms with Gasteiger partial charge in [-0.2, -0.15) is 0 Å². The number of nitrogens with zero attached hydrogens (tertiary/aromatic N) is 4. The van der Waals surface area contributed by atoms with Crippen molar-refractivity contribution >= 4 is 17.9 Å². The fraction of sp³-hybridized carbons (Fsp3) is 0.391. The van der Waals surface area contributed by atoms with Gasteiger partial charge in [0.2, 0.25) is 11.9 Å². The van der Waals surface area contributed by atoms with Gasteiger partial charge >= 0.3 is 5.97 Å². The summed E-state index contributed by atoms with van der Waals surface area (Å²) in [7, 11) is 1.42. The van der Waals surface area contributed by atoms with Gasteiger partial charge in [-0.25, -0.2) is 23.7 Å². The molecule has 0 amide bonds. The first kappa shape index (κ1) is 21.3. The van der Waals surface area contributed by atoms with Crippen LogP contribution in [0.4, 0.5) is 20.7 Å². The lowest BCUT2D eigenvalue weighted by molar-refractivity contribution is -0.146. The number of nitrogens with one attached hydrogen (secondary N) is 2. The number of carbonyl (C=O) groups is 1. The van der Waals surface area contributed by atoms with Crippen molar-refractivity contribution in [1.29, 1.82) is 0 Å². The first-order valence-electron chi connectivity index (χ1n) is 10.9. The van der Waals surface area contributed by atoms with E-state index in [-0.39, 0.29) is 17.9 Å². The summed E-state index contributed by atoms with van der Waals surface area (Å²) in [5.41, 5.74) is 3.21. The number of hydrogen-bond acceptors (Lipinski definition) is 7. The number of benzene rings is 1. The number of anilines is 2. The fourth-order valence-electron chi connectivity index (χ4n) is 4.55. The van der Waals surface area contributed by atoms with Crippen LogP contribution in [0.1, 0.15) is 24.0 Å². The molecule has 3 aromatic rings. The van der Waals surface area contributed by atoms with Crippen LogP contribution < -0.4 is 10.2 Å². The van der Waals surface area contributed by atoms with E-state index in [1.165, 1.54) is 19.2 Å². The van der Waals surface area contributed by atoms with Crippen LogP contribution in [0.5, 0.6) is 0 Å². The lowest BCUT2D eigenvalue weighted by Gasteiger charge is -2.30. The normalized spacial score (nSPS) is 16.6. The van der Waals surface area contributed by atoms with E-state index >= 15 is 0 Å². The molecule has 0 atom stereocenters. The van der Waals surface area contributed by atoms with Crippen molar-refractivity contribution in [2.45, 2.75) is 31.7 Å². The Morgan fingerprint density at radius 2 is 1.70 bits per heavy atom. The van der Waals surface area contributed by atoms with E-state index in [0.29, 0.717) is 18.8 Å². The highest BCUT2D eigenvalue weighted by Gasteiger charge is 2.27. The van der Waals surface area contributed by atoms with E-state index in [2.05, 4.69) is 30.2 Å². The zero-order chi connectivity index (χ0) is 22.9. The summed E-state index contributed by atoms with van der Waals surface area (Å²) in [4.78, 5) is 30.4. The Labute approximate surface area is 189 Å². The maximum atomic E-state index is 13.5. The highest BCUT2D eigenvalue weighted by Crippen LogP contribution is 2.27. The third-order valence-electron chi connectivity index (χ3n) is 6.36. The largest absolute Gasteiger partial charge is 0.469 e. The number of H-pyrrole nitrogens is 1. The molecular weight excluding hydrogens is 430 g/mol. The third kappa shape index (κ3) is 4.37. The monoisotopic (exact) mass is 454 g/mol. The van der Waals surface area contributed by atoms with Crippen LogP contribution in [0.2, 0.25) is 0 Å². The van der Waals surface area contributed by atoms with Crippen LogP contribution >= 0.6 is 0 Å². The van der Waals surface area contributed by atoms with E-state index in [4.69, 9.17) is 4.74 Å². The number of carbonyl (C=O) groups excluding carboxylic acids is 1. The molecule has 2 N–H and O–H groups in total. The molecule has 3 heterocycles. The molecule has 0 radical (unpaired) electrons. The molecule has 33 heavy (non-hydrogen) atoms. The minimum absolute atomic E-state index is 0.0151. The topological polar surface area (TPSA) is 96.0 Å². The van der Waals surface area contributed by atoms with Crippen LogP contribution in [-0.2, 0) is 22.4 Å². The van der Waals surface area contributed by atoms with E-state index in [1.54, 1.807) is 18.6 Å². The van der Waals surface area contributed by atoms with Crippen molar-refractivity contribution < 1.29 is 18.3 Å². The van der Waals surface area contributed by atoms with Crippen molar-refractivity contribution in [1.82, 2.24) is 19.9 Å². The summed E-state index contributed by atoms with van der Waals surface area (Å²) in [6, 6.07) is 2.52. The minimum Gasteiger partial charge on any atom is -0.469 e. The van der Waals surface area contributed by atoms with Crippen molar-refractivity contribution in [3.05, 3.63) is 53.5 Å². The second-order valence-corrected chi connectivity index (χ2v) is 8.48. The zero-order valence-electron chi connectivity index (χ0n) is 18.1. The van der Waals surface area contributed by atoms with E-state index in [1.807, 2.05) is 0 Å². The standard InChI is InChI=1S/C23H24F2N6O2/c1-33-21(32)13-2-4-31(5-3-13)23-28-12-20(30-23)16-10-26-22(27-11-16)29-17-6-14-8-18(24)19(25)9-15(14)7-17/h8-13,17H,2-7H2,1H3,(H,28,30)(H,26,27,29). The molecule has 1 aliphatic heterocycles. The van der Waals surface area contributed by atoms with Crippen molar-refractivity contribution in [3.8, 4) is 11.3 Å². The minimum atomic E-state index is -0.818. The highest BCUT2D eigenvalue weighted by atomic mass is 19.2. The van der Waals surface area contributed by atoms with E-state index in [0.717, 1.165) is 54.3 Å². The Kier molecular flexibility index (Phi) is 5.65. The number of aromatic nitrogens is 4. The number of hydrogen-bond donors (Lipinski definition) is 2. The summed E-state index contributed by atoms with van der Waals surface area (Å²) in [5, 5.41) is 3.24. The Balaban J connectivity index is 1.20. The molecule has 0 spiro atoms. The SMILES string of the molecule is COC(=O)C1CCN(c2ncc(-c3cnc(NC4Cc5cc(F)c(F)cc5C4)nc3)[nH]2)CC1. The van der Waals surface area contributed by atoms with Crippen molar-refractivity contribution in [3.63, 3.8) is 0 Å². The van der Waals surface area contributed by atoms with Gasteiger partial charge in [-0.3, -0.25) is 4.79 Å². The summed E-state index contributed by atoms with van der Waals surface area (Å²) in [6.45, 7) is 1.45. The lowest BCUT2D eigenvalue weighted by atomic mass is 9.97. The molecule has 10 heteroatoms. The highest BCUT2D eigenvalue weighted by molar-refractivity contribution is 5.72. The maximum Gasteiger partial charge on any atom is 0.308 e. The fourth-order valence-corrected chi connectivity index (χ4v) is 4.55.